The topological polar surface area (TPSA) is 63.9 Å². The molecule has 34 heavy (non-hydrogen) atoms. The Balaban J connectivity index is 1.78. The van der Waals surface area contributed by atoms with Crippen LogP contribution in [-0.4, -0.2) is 40.6 Å². The Morgan fingerprint density at radius 2 is 1.88 bits per heavy atom. The van der Waals surface area contributed by atoms with Crippen LogP contribution in [0.2, 0.25) is 0 Å². The number of phenols is 1. The number of nitrogens with zero attached hydrogens (tertiary/aromatic N) is 2. The van der Waals surface area contributed by atoms with E-state index in [9.17, 15) is 9.90 Å². The van der Waals surface area contributed by atoms with Gasteiger partial charge in [-0.2, -0.15) is 0 Å². The van der Waals surface area contributed by atoms with Crippen molar-refractivity contribution in [2.75, 3.05) is 20.2 Å². The first-order chi connectivity index (χ1) is 16.4. The number of ketones is 1. The van der Waals surface area contributed by atoms with Crippen molar-refractivity contribution in [1.29, 1.82) is 0 Å². The molecule has 180 valence electrons. The molecule has 1 N–H and O–H groups in total. The van der Waals surface area contributed by atoms with Gasteiger partial charge in [0.25, 0.3) is 0 Å². The molecule has 1 aliphatic rings. The Hall–Kier alpha value is -3.25. The largest absolute Gasteiger partial charge is 0.507 e. The minimum Gasteiger partial charge on any atom is -0.507 e. The number of carbonyl (C=O) groups excluding carboxylic acids is 1. The van der Waals surface area contributed by atoms with Gasteiger partial charge in [0, 0.05) is 35.8 Å². The number of ether oxygens (including phenoxy) is 2. The van der Waals surface area contributed by atoms with E-state index in [1.807, 2.05) is 37.4 Å². The highest BCUT2D eigenvalue weighted by atomic mass is 16.5. The first kappa shape index (κ1) is 23.9. The van der Waals surface area contributed by atoms with Crippen LogP contribution in [-0.2, 0) is 13.1 Å². The van der Waals surface area contributed by atoms with E-state index < -0.39 is 0 Å². The van der Waals surface area contributed by atoms with E-state index in [0.717, 1.165) is 60.3 Å². The summed E-state index contributed by atoms with van der Waals surface area (Å²) in [7, 11) is 1.65. The molecule has 2 heterocycles. The van der Waals surface area contributed by atoms with Gasteiger partial charge in [-0.3, -0.25) is 9.69 Å². The lowest BCUT2D eigenvalue weighted by atomic mass is 9.99. The molecule has 0 amide bonds. The molecule has 0 saturated heterocycles. The Morgan fingerprint density at radius 3 is 2.53 bits per heavy atom. The van der Waals surface area contributed by atoms with Crippen LogP contribution in [0.1, 0.15) is 60.7 Å². The number of aromatic hydroxyl groups is 1. The molecule has 0 saturated carbocycles. The molecule has 1 aliphatic heterocycles. The number of hydrogen-bond donors (Lipinski definition) is 1. The molecule has 0 radical (unpaired) electrons. The van der Waals surface area contributed by atoms with Crippen LogP contribution in [0.4, 0.5) is 0 Å². The van der Waals surface area contributed by atoms with E-state index in [0.29, 0.717) is 23.4 Å². The van der Waals surface area contributed by atoms with Crippen molar-refractivity contribution in [1.82, 2.24) is 9.47 Å². The molecule has 0 bridgehead atoms. The van der Waals surface area contributed by atoms with Crippen molar-refractivity contribution >= 4 is 22.8 Å². The predicted molar refractivity (Wildman–Crippen MR) is 136 cm³/mol. The third-order valence-electron chi connectivity index (χ3n) is 6.43. The molecule has 0 unspecified atom stereocenters. The summed E-state index contributed by atoms with van der Waals surface area (Å²) in [6.45, 7) is 11.4. The number of fused-ring (bicyclic) bond motifs is 2. The summed E-state index contributed by atoms with van der Waals surface area (Å²) < 4.78 is 13.8. The first-order valence-corrected chi connectivity index (χ1v) is 12.1. The molecular formula is C28H34N2O4. The van der Waals surface area contributed by atoms with Crippen molar-refractivity contribution in [3.8, 4) is 17.2 Å². The zero-order chi connectivity index (χ0) is 24.4. The van der Waals surface area contributed by atoms with Gasteiger partial charge in [0.05, 0.1) is 18.2 Å². The second-order valence-electron chi connectivity index (χ2n) is 8.86. The Morgan fingerprint density at radius 1 is 1.15 bits per heavy atom. The average molecular weight is 463 g/mol. The minimum absolute atomic E-state index is 0.147. The van der Waals surface area contributed by atoms with Gasteiger partial charge in [-0.1, -0.05) is 13.8 Å². The third-order valence-corrected chi connectivity index (χ3v) is 6.43. The highest BCUT2D eigenvalue weighted by Gasteiger charge is 2.34. The first-order valence-electron chi connectivity index (χ1n) is 12.1. The van der Waals surface area contributed by atoms with E-state index >= 15 is 0 Å². The van der Waals surface area contributed by atoms with Crippen LogP contribution in [0.15, 0.2) is 36.2 Å². The maximum atomic E-state index is 13.4. The molecule has 0 fully saturated rings. The molecule has 6 nitrogen and oxygen atoms in total. The Bertz CT molecular complexity index is 1250. The second kappa shape index (κ2) is 9.94. The number of rotatable bonds is 9. The van der Waals surface area contributed by atoms with Crippen molar-refractivity contribution < 1.29 is 19.4 Å². The number of carbonyl (C=O) groups is 1. The normalized spacial score (nSPS) is 14.3. The van der Waals surface area contributed by atoms with Gasteiger partial charge >= 0.3 is 0 Å². The zero-order valence-electron chi connectivity index (χ0n) is 20.8. The number of aryl methyl sites for hydroxylation is 2. The quantitative estimate of drug-likeness (QED) is 0.400. The van der Waals surface area contributed by atoms with E-state index in [1.54, 1.807) is 13.2 Å². The van der Waals surface area contributed by atoms with Gasteiger partial charge < -0.3 is 19.1 Å². The summed E-state index contributed by atoms with van der Waals surface area (Å²) in [6, 6.07) is 7.63. The predicted octanol–water partition coefficient (Wildman–Crippen LogP) is 5.92. The molecule has 6 heteroatoms. The number of methoxy groups -OCH3 is 1. The maximum Gasteiger partial charge on any atom is 0.232 e. The van der Waals surface area contributed by atoms with Crippen LogP contribution < -0.4 is 9.47 Å². The fraction of sp³-hybridized carbons (Fsp3) is 0.393. The SMILES string of the molecule is CCCN(CCC)Cc1c(O)cc(C)c2c1O/C(=C\c1cn(CC)c3ccc(OC)cc13)C2=O. The van der Waals surface area contributed by atoms with Gasteiger partial charge in [-0.15, -0.1) is 0 Å². The smallest absolute Gasteiger partial charge is 0.232 e. The van der Waals surface area contributed by atoms with E-state index in [-0.39, 0.29) is 17.3 Å². The van der Waals surface area contributed by atoms with Gasteiger partial charge in [-0.05, 0) is 75.7 Å². The van der Waals surface area contributed by atoms with Crippen molar-refractivity contribution in [3.05, 3.63) is 58.5 Å². The molecule has 4 rings (SSSR count). The summed E-state index contributed by atoms with van der Waals surface area (Å²) >= 11 is 0. The molecule has 0 atom stereocenters. The summed E-state index contributed by atoms with van der Waals surface area (Å²) in [5.74, 6) is 1.56. The molecule has 1 aromatic heterocycles. The molecular weight excluding hydrogens is 428 g/mol. The number of benzene rings is 2. The minimum atomic E-state index is -0.147. The summed E-state index contributed by atoms with van der Waals surface area (Å²) in [4.78, 5) is 15.7. The fourth-order valence-electron chi connectivity index (χ4n) is 4.81. The lowest BCUT2D eigenvalue weighted by Gasteiger charge is -2.22. The number of phenolic OH excluding ortho intramolecular Hbond substituents is 1. The van der Waals surface area contributed by atoms with Crippen LogP contribution >= 0.6 is 0 Å². The van der Waals surface area contributed by atoms with Crippen molar-refractivity contribution in [2.45, 2.75) is 53.6 Å². The fourth-order valence-corrected chi connectivity index (χ4v) is 4.81. The van der Waals surface area contributed by atoms with Crippen LogP contribution in [0.5, 0.6) is 17.2 Å². The summed E-state index contributed by atoms with van der Waals surface area (Å²) in [5.41, 5.74) is 3.91. The van der Waals surface area contributed by atoms with Gasteiger partial charge in [-0.25, -0.2) is 0 Å². The van der Waals surface area contributed by atoms with Crippen LogP contribution in [0, 0.1) is 6.92 Å². The average Bonchev–Trinajstić information content (AvgIpc) is 3.34. The molecule has 2 aromatic carbocycles. The molecule has 0 spiro atoms. The summed E-state index contributed by atoms with van der Waals surface area (Å²) in [6.07, 6.45) is 5.88. The van der Waals surface area contributed by atoms with Crippen molar-refractivity contribution in [3.63, 3.8) is 0 Å². The zero-order valence-corrected chi connectivity index (χ0v) is 20.8. The standard InChI is InChI=1S/C28H34N2O4/c1-6-11-29(12-7-2)17-22-24(31)13-18(4)26-27(32)25(34-28(22)26)14-19-16-30(8-3)23-10-9-20(33-5)15-21(19)23/h9-10,13-16,31H,6-8,11-12,17H2,1-5H3/b25-14-. The van der Waals surface area contributed by atoms with Crippen molar-refractivity contribution in [2.24, 2.45) is 0 Å². The monoisotopic (exact) mass is 462 g/mol. The highest BCUT2D eigenvalue weighted by molar-refractivity contribution is 6.16. The molecule has 3 aromatic rings. The Kier molecular flexibility index (Phi) is 6.98. The number of aromatic nitrogens is 1. The third kappa shape index (κ3) is 4.30. The van der Waals surface area contributed by atoms with E-state index in [2.05, 4.69) is 30.2 Å². The molecule has 0 aliphatic carbocycles. The summed E-state index contributed by atoms with van der Waals surface area (Å²) in [5, 5.41) is 11.8. The number of hydrogen-bond acceptors (Lipinski definition) is 5. The highest BCUT2D eigenvalue weighted by Crippen LogP contribution is 2.42. The number of allylic oxidation sites excluding steroid dienone is 1. The van der Waals surface area contributed by atoms with Crippen LogP contribution in [0.3, 0.4) is 0 Å². The van der Waals surface area contributed by atoms with E-state index in [1.165, 1.54) is 0 Å². The number of Topliss-reactive ketones (excluding diaryl/α,β-unsaturated/α-hetero) is 1. The van der Waals surface area contributed by atoms with Crippen LogP contribution in [0.25, 0.3) is 17.0 Å². The Labute approximate surface area is 201 Å². The lowest BCUT2D eigenvalue weighted by molar-refractivity contribution is 0.101. The maximum absolute atomic E-state index is 13.4. The van der Waals surface area contributed by atoms with Gasteiger partial charge in [0.2, 0.25) is 5.78 Å². The lowest BCUT2D eigenvalue weighted by Crippen LogP contribution is -2.25. The van der Waals surface area contributed by atoms with E-state index in [4.69, 9.17) is 9.47 Å². The van der Waals surface area contributed by atoms with Gasteiger partial charge in [0.1, 0.15) is 17.2 Å². The van der Waals surface area contributed by atoms with Gasteiger partial charge in [0.15, 0.2) is 5.76 Å². The second-order valence-corrected chi connectivity index (χ2v) is 8.86.